The van der Waals surface area contributed by atoms with E-state index in [1.807, 2.05) is 36.4 Å². The molecule has 124 valence electrons. The number of para-hydroxylation sites is 1. The van der Waals surface area contributed by atoms with Gasteiger partial charge in [0.25, 0.3) is 0 Å². The number of alkyl halides is 1. The highest BCUT2D eigenvalue weighted by molar-refractivity contribution is 6.21. The lowest BCUT2D eigenvalue weighted by Gasteiger charge is -2.30. The van der Waals surface area contributed by atoms with Crippen molar-refractivity contribution in [1.82, 2.24) is 4.98 Å². The molecule has 2 atom stereocenters. The third-order valence-corrected chi connectivity index (χ3v) is 5.68. The van der Waals surface area contributed by atoms with E-state index in [2.05, 4.69) is 29.3 Å². The van der Waals surface area contributed by atoms with E-state index in [9.17, 15) is 5.26 Å². The second-order valence-electron chi connectivity index (χ2n) is 6.65. The third-order valence-electron chi connectivity index (χ3n) is 5.15. The highest BCUT2D eigenvalue weighted by atomic mass is 35.5. The van der Waals surface area contributed by atoms with Crippen molar-refractivity contribution in [3.63, 3.8) is 0 Å². The Kier molecular flexibility index (Phi) is 4.42. The lowest BCUT2D eigenvalue weighted by Crippen LogP contribution is -2.19. The van der Waals surface area contributed by atoms with Crippen LogP contribution in [-0.4, -0.2) is 10.4 Å². The highest BCUT2D eigenvalue weighted by Crippen LogP contribution is 2.44. The molecule has 0 aliphatic heterocycles. The van der Waals surface area contributed by atoms with Gasteiger partial charge in [0.2, 0.25) is 0 Å². The second-order valence-corrected chi connectivity index (χ2v) is 7.21. The zero-order valence-electron chi connectivity index (χ0n) is 14.0. The highest BCUT2D eigenvalue weighted by Gasteiger charge is 2.30. The zero-order valence-corrected chi connectivity index (χ0v) is 14.7. The van der Waals surface area contributed by atoms with Crippen LogP contribution in [0.1, 0.15) is 42.9 Å². The van der Waals surface area contributed by atoms with E-state index in [0.29, 0.717) is 5.69 Å². The van der Waals surface area contributed by atoms with Gasteiger partial charge in [-0.05, 0) is 30.0 Å². The van der Waals surface area contributed by atoms with Gasteiger partial charge in [-0.25, -0.2) is 4.98 Å². The first-order chi connectivity index (χ1) is 12.3. The van der Waals surface area contributed by atoms with Crippen LogP contribution in [0.2, 0.25) is 0 Å². The van der Waals surface area contributed by atoms with Crippen molar-refractivity contribution in [3.8, 4) is 17.2 Å². The summed E-state index contributed by atoms with van der Waals surface area (Å²) in [6.45, 7) is 0. The van der Waals surface area contributed by atoms with Gasteiger partial charge in [-0.1, -0.05) is 61.4 Å². The fourth-order valence-corrected chi connectivity index (χ4v) is 4.42. The van der Waals surface area contributed by atoms with Crippen LogP contribution in [-0.2, 0) is 0 Å². The van der Waals surface area contributed by atoms with Crippen molar-refractivity contribution in [2.45, 2.75) is 37.0 Å². The molecule has 3 aromatic rings. The van der Waals surface area contributed by atoms with Gasteiger partial charge < -0.3 is 0 Å². The average molecular weight is 347 g/mol. The van der Waals surface area contributed by atoms with Crippen LogP contribution in [0.25, 0.3) is 22.0 Å². The molecule has 0 saturated heterocycles. The van der Waals surface area contributed by atoms with Gasteiger partial charge in [0.1, 0.15) is 11.8 Å². The van der Waals surface area contributed by atoms with E-state index < -0.39 is 0 Å². The minimum Gasteiger partial charge on any atom is -0.236 e. The van der Waals surface area contributed by atoms with Gasteiger partial charge in [-0.2, -0.15) is 5.26 Å². The monoisotopic (exact) mass is 346 g/mol. The van der Waals surface area contributed by atoms with Crippen LogP contribution in [0.4, 0.5) is 0 Å². The SMILES string of the molecule is N#Cc1nc2ccccc2c(C2CCCCC2Cl)c1-c1ccccc1. The normalized spacial score (nSPS) is 20.3. The quantitative estimate of drug-likeness (QED) is 0.530. The summed E-state index contributed by atoms with van der Waals surface area (Å²) in [4.78, 5) is 4.65. The number of hydrogen-bond acceptors (Lipinski definition) is 2. The summed E-state index contributed by atoms with van der Waals surface area (Å²) in [5.74, 6) is 0.255. The molecule has 25 heavy (non-hydrogen) atoms. The molecule has 1 aliphatic rings. The van der Waals surface area contributed by atoms with Crippen molar-refractivity contribution in [3.05, 3.63) is 65.9 Å². The lowest BCUT2D eigenvalue weighted by atomic mass is 9.78. The molecule has 0 radical (unpaired) electrons. The first-order valence-corrected chi connectivity index (χ1v) is 9.25. The predicted molar refractivity (Wildman–Crippen MR) is 103 cm³/mol. The molecule has 2 aromatic carbocycles. The van der Waals surface area contributed by atoms with E-state index in [0.717, 1.165) is 34.9 Å². The molecule has 3 heteroatoms. The van der Waals surface area contributed by atoms with Crippen molar-refractivity contribution in [1.29, 1.82) is 5.26 Å². The first-order valence-electron chi connectivity index (χ1n) is 8.82. The Bertz CT molecular complexity index is 943. The number of rotatable bonds is 2. The number of hydrogen-bond donors (Lipinski definition) is 0. The molecule has 2 unspecified atom stereocenters. The first kappa shape index (κ1) is 16.1. The average Bonchev–Trinajstić information content (AvgIpc) is 2.67. The van der Waals surface area contributed by atoms with Crippen LogP contribution >= 0.6 is 11.6 Å². The Balaban J connectivity index is 2.07. The fourth-order valence-electron chi connectivity index (χ4n) is 4.01. The lowest BCUT2D eigenvalue weighted by molar-refractivity contribution is 0.453. The Morgan fingerprint density at radius 2 is 1.68 bits per heavy atom. The van der Waals surface area contributed by atoms with Gasteiger partial charge in [0, 0.05) is 22.2 Å². The topological polar surface area (TPSA) is 36.7 Å². The van der Waals surface area contributed by atoms with Crippen LogP contribution in [0, 0.1) is 11.3 Å². The molecule has 4 rings (SSSR count). The summed E-state index contributed by atoms with van der Waals surface area (Å²) in [6.07, 6.45) is 4.45. The summed E-state index contributed by atoms with van der Waals surface area (Å²) in [5.41, 5.74) is 4.58. The molecule has 1 saturated carbocycles. The summed E-state index contributed by atoms with van der Waals surface area (Å²) in [6, 6.07) is 20.6. The second kappa shape index (κ2) is 6.86. The third kappa shape index (κ3) is 2.90. The fraction of sp³-hybridized carbons (Fsp3) is 0.273. The van der Waals surface area contributed by atoms with Crippen LogP contribution in [0.3, 0.4) is 0 Å². The van der Waals surface area contributed by atoms with Crippen molar-refractivity contribution in [2.24, 2.45) is 0 Å². The molecular formula is C22H19ClN2. The number of aromatic nitrogens is 1. The van der Waals surface area contributed by atoms with Gasteiger partial charge in [-0.3, -0.25) is 0 Å². The molecule has 0 amide bonds. The van der Waals surface area contributed by atoms with Crippen molar-refractivity contribution >= 4 is 22.5 Å². The van der Waals surface area contributed by atoms with Crippen molar-refractivity contribution < 1.29 is 0 Å². The van der Waals surface area contributed by atoms with E-state index >= 15 is 0 Å². The van der Waals surface area contributed by atoms with E-state index in [1.165, 1.54) is 18.4 Å². The molecule has 1 fully saturated rings. The smallest absolute Gasteiger partial charge is 0.149 e. The van der Waals surface area contributed by atoms with E-state index in [4.69, 9.17) is 11.6 Å². The Labute approximate surface area is 153 Å². The Morgan fingerprint density at radius 1 is 0.960 bits per heavy atom. The molecule has 1 heterocycles. The number of nitriles is 1. The maximum atomic E-state index is 9.78. The largest absolute Gasteiger partial charge is 0.236 e. The molecular weight excluding hydrogens is 328 g/mol. The van der Waals surface area contributed by atoms with Crippen LogP contribution in [0.15, 0.2) is 54.6 Å². The summed E-state index contributed by atoms with van der Waals surface area (Å²) < 4.78 is 0. The minimum atomic E-state index is 0.105. The van der Waals surface area contributed by atoms with Crippen LogP contribution < -0.4 is 0 Å². The number of halogens is 1. The number of benzene rings is 2. The molecule has 0 spiro atoms. The van der Waals surface area contributed by atoms with Crippen molar-refractivity contribution in [2.75, 3.05) is 0 Å². The van der Waals surface area contributed by atoms with Gasteiger partial charge in [-0.15, -0.1) is 11.6 Å². The maximum absolute atomic E-state index is 9.78. The van der Waals surface area contributed by atoms with Gasteiger partial charge in [0.05, 0.1) is 5.52 Å². The molecule has 2 nitrogen and oxygen atoms in total. The zero-order chi connectivity index (χ0) is 17.2. The Hall–Kier alpha value is -2.37. The maximum Gasteiger partial charge on any atom is 0.149 e. The number of pyridine rings is 1. The predicted octanol–water partition coefficient (Wildman–Crippen LogP) is 6.04. The summed E-state index contributed by atoms with van der Waals surface area (Å²) in [7, 11) is 0. The standard InChI is InChI=1S/C22H19ClN2/c23-18-12-6-4-10-16(18)22-17-11-5-7-13-19(17)25-20(14-24)21(22)15-8-2-1-3-9-15/h1-3,5,7-9,11,13,16,18H,4,6,10,12H2. The van der Waals surface area contributed by atoms with Gasteiger partial charge >= 0.3 is 0 Å². The molecule has 0 N–H and O–H groups in total. The minimum absolute atomic E-state index is 0.105. The summed E-state index contributed by atoms with van der Waals surface area (Å²) in [5, 5.41) is 11.0. The van der Waals surface area contributed by atoms with E-state index in [-0.39, 0.29) is 11.3 Å². The number of fused-ring (bicyclic) bond motifs is 1. The number of nitrogens with zero attached hydrogens (tertiary/aromatic N) is 2. The van der Waals surface area contributed by atoms with Gasteiger partial charge in [0.15, 0.2) is 0 Å². The molecule has 1 aromatic heterocycles. The Morgan fingerprint density at radius 3 is 2.44 bits per heavy atom. The molecule has 0 bridgehead atoms. The van der Waals surface area contributed by atoms with E-state index in [1.54, 1.807) is 0 Å². The van der Waals surface area contributed by atoms with Crippen LogP contribution in [0.5, 0.6) is 0 Å². The summed E-state index contributed by atoms with van der Waals surface area (Å²) >= 11 is 6.77. The molecule has 1 aliphatic carbocycles.